The molecule has 2 aliphatic rings. The zero-order valence-corrected chi connectivity index (χ0v) is 12.2. The number of aryl methyl sites for hydroxylation is 1. The Bertz CT molecular complexity index is 387. The van der Waals surface area contributed by atoms with E-state index in [9.17, 15) is 0 Å². The summed E-state index contributed by atoms with van der Waals surface area (Å²) in [5.74, 6) is 0. The molecule has 100 valence electrons. The molecule has 2 heterocycles. The van der Waals surface area contributed by atoms with Gasteiger partial charge in [-0.05, 0) is 31.9 Å². The molecule has 1 aliphatic carbocycles. The smallest absolute Gasteiger partial charge is 0.0329 e. The topological polar surface area (TPSA) is 15.3 Å². The molecular weight excluding hydrogens is 240 g/mol. The van der Waals surface area contributed by atoms with Crippen molar-refractivity contribution in [3.63, 3.8) is 0 Å². The zero-order chi connectivity index (χ0) is 12.4. The van der Waals surface area contributed by atoms with Crippen molar-refractivity contribution >= 4 is 11.3 Å². The van der Waals surface area contributed by atoms with Crippen molar-refractivity contribution in [2.75, 3.05) is 19.6 Å². The Morgan fingerprint density at radius 2 is 2.11 bits per heavy atom. The predicted molar refractivity (Wildman–Crippen MR) is 78.2 cm³/mol. The van der Waals surface area contributed by atoms with Crippen molar-refractivity contribution in [1.82, 2.24) is 10.2 Å². The van der Waals surface area contributed by atoms with Gasteiger partial charge in [0, 0.05) is 41.5 Å². The van der Waals surface area contributed by atoms with Gasteiger partial charge >= 0.3 is 0 Å². The quantitative estimate of drug-likeness (QED) is 0.882. The van der Waals surface area contributed by atoms with E-state index in [2.05, 4.69) is 29.3 Å². The molecule has 0 unspecified atom stereocenters. The molecule has 2 nitrogen and oxygen atoms in total. The average Bonchev–Trinajstić information content (AvgIpc) is 2.76. The Kier molecular flexibility index (Phi) is 3.73. The molecule has 0 aromatic carbocycles. The highest BCUT2D eigenvalue weighted by Crippen LogP contribution is 2.31. The van der Waals surface area contributed by atoms with Crippen LogP contribution in [-0.4, -0.2) is 30.1 Å². The molecule has 3 rings (SSSR count). The first-order valence-electron chi connectivity index (χ1n) is 7.29. The minimum absolute atomic E-state index is 0.447. The van der Waals surface area contributed by atoms with Gasteiger partial charge in [0.05, 0.1) is 0 Å². The third-order valence-corrected chi connectivity index (χ3v) is 5.43. The molecule has 1 aromatic heterocycles. The summed E-state index contributed by atoms with van der Waals surface area (Å²) in [7, 11) is 0. The second-order valence-corrected chi connectivity index (χ2v) is 7.36. The molecule has 18 heavy (non-hydrogen) atoms. The molecule has 3 heteroatoms. The van der Waals surface area contributed by atoms with Gasteiger partial charge < -0.3 is 5.32 Å². The fraction of sp³-hybridized carbons (Fsp3) is 0.733. The van der Waals surface area contributed by atoms with Crippen LogP contribution in [0.25, 0.3) is 0 Å². The second-order valence-electron chi connectivity index (χ2n) is 5.99. The lowest BCUT2D eigenvalue weighted by Crippen LogP contribution is -2.60. The van der Waals surface area contributed by atoms with Crippen molar-refractivity contribution < 1.29 is 0 Å². The van der Waals surface area contributed by atoms with Crippen LogP contribution in [0.5, 0.6) is 0 Å². The van der Waals surface area contributed by atoms with Crippen molar-refractivity contribution in [1.29, 1.82) is 0 Å². The Balaban J connectivity index is 1.63. The Morgan fingerprint density at radius 1 is 1.28 bits per heavy atom. The highest BCUT2D eigenvalue weighted by atomic mass is 32.1. The minimum Gasteiger partial charge on any atom is -0.309 e. The normalized spacial score (nSPS) is 24.5. The van der Waals surface area contributed by atoms with Gasteiger partial charge in [0.1, 0.15) is 0 Å². The largest absolute Gasteiger partial charge is 0.309 e. The summed E-state index contributed by atoms with van der Waals surface area (Å²) < 4.78 is 0. The van der Waals surface area contributed by atoms with E-state index in [1.807, 2.05) is 11.3 Å². The minimum atomic E-state index is 0.447. The Labute approximate surface area is 114 Å². The molecule has 2 fully saturated rings. The summed E-state index contributed by atoms with van der Waals surface area (Å²) in [6.45, 7) is 6.99. The van der Waals surface area contributed by atoms with Gasteiger partial charge in [-0.2, -0.15) is 0 Å². The summed E-state index contributed by atoms with van der Waals surface area (Å²) in [6.07, 6.45) is 7.03. The van der Waals surface area contributed by atoms with E-state index < -0.39 is 0 Å². The number of rotatable bonds is 2. The van der Waals surface area contributed by atoms with E-state index in [4.69, 9.17) is 0 Å². The van der Waals surface area contributed by atoms with Crippen molar-refractivity contribution in [3.05, 3.63) is 21.9 Å². The summed E-state index contributed by atoms with van der Waals surface area (Å²) in [5, 5.41) is 3.82. The molecule has 0 amide bonds. The fourth-order valence-electron chi connectivity index (χ4n) is 3.53. The molecule has 1 aliphatic heterocycles. The van der Waals surface area contributed by atoms with E-state index in [-0.39, 0.29) is 0 Å². The summed E-state index contributed by atoms with van der Waals surface area (Å²) >= 11 is 1.95. The fourth-order valence-corrected chi connectivity index (χ4v) is 4.46. The van der Waals surface area contributed by atoms with Crippen LogP contribution in [0, 0.1) is 6.92 Å². The highest BCUT2D eigenvalue weighted by Gasteiger charge is 2.35. The first kappa shape index (κ1) is 12.6. The lowest BCUT2D eigenvalue weighted by Gasteiger charge is -2.46. The van der Waals surface area contributed by atoms with E-state index in [1.165, 1.54) is 61.5 Å². The summed E-state index contributed by atoms with van der Waals surface area (Å²) in [6, 6.07) is 4.55. The predicted octanol–water partition coefficient (Wildman–Crippen LogP) is 3.16. The van der Waals surface area contributed by atoms with Crippen LogP contribution in [0.15, 0.2) is 12.1 Å². The van der Waals surface area contributed by atoms with E-state index >= 15 is 0 Å². The summed E-state index contributed by atoms with van der Waals surface area (Å²) in [4.78, 5) is 5.63. The van der Waals surface area contributed by atoms with Gasteiger partial charge in [0.15, 0.2) is 0 Å². The van der Waals surface area contributed by atoms with Gasteiger partial charge in [-0.15, -0.1) is 11.3 Å². The maximum Gasteiger partial charge on any atom is 0.0329 e. The zero-order valence-electron chi connectivity index (χ0n) is 11.4. The lowest BCUT2D eigenvalue weighted by molar-refractivity contribution is 0.0952. The van der Waals surface area contributed by atoms with E-state index in [0.717, 1.165) is 6.54 Å². The Hall–Kier alpha value is -0.380. The lowest BCUT2D eigenvalue weighted by atomic mass is 9.80. The number of piperazine rings is 1. The van der Waals surface area contributed by atoms with Crippen LogP contribution >= 0.6 is 11.3 Å². The Morgan fingerprint density at radius 3 is 2.83 bits per heavy atom. The molecule has 1 aromatic rings. The van der Waals surface area contributed by atoms with Crippen molar-refractivity contribution in [3.8, 4) is 0 Å². The highest BCUT2D eigenvalue weighted by molar-refractivity contribution is 7.11. The van der Waals surface area contributed by atoms with Crippen LogP contribution in [-0.2, 0) is 6.54 Å². The van der Waals surface area contributed by atoms with Crippen LogP contribution in [0.1, 0.15) is 41.9 Å². The van der Waals surface area contributed by atoms with Gasteiger partial charge in [0.2, 0.25) is 0 Å². The molecule has 0 bridgehead atoms. The first-order chi connectivity index (χ1) is 8.76. The molecule has 1 N–H and O–H groups in total. The molecule has 1 spiro atoms. The van der Waals surface area contributed by atoms with Gasteiger partial charge in [-0.1, -0.05) is 19.3 Å². The molecule has 0 atom stereocenters. The van der Waals surface area contributed by atoms with Gasteiger partial charge in [0.25, 0.3) is 0 Å². The van der Waals surface area contributed by atoms with Crippen LogP contribution in [0.3, 0.4) is 0 Å². The third-order valence-electron chi connectivity index (χ3n) is 4.44. The van der Waals surface area contributed by atoms with Crippen molar-refractivity contribution in [2.45, 2.75) is 51.1 Å². The first-order valence-corrected chi connectivity index (χ1v) is 8.10. The maximum absolute atomic E-state index is 3.82. The second kappa shape index (κ2) is 5.32. The molecule has 0 radical (unpaired) electrons. The molecular formula is C15H24N2S. The standard InChI is InChI=1S/C15H24N2S/c1-13-5-6-14(18-13)11-17-10-9-16-15(12-17)7-3-2-4-8-15/h5-6,16H,2-4,7-12H2,1H3. The monoisotopic (exact) mass is 264 g/mol. The molecule has 1 saturated carbocycles. The average molecular weight is 264 g/mol. The number of hydrogen-bond acceptors (Lipinski definition) is 3. The SMILES string of the molecule is Cc1ccc(CN2CCNC3(CCCCC3)C2)s1. The van der Waals surface area contributed by atoms with Crippen LogP contribution < -0.4 is 5.32 Å². The third kappa shape index (κ3) is 2.79. The maximum atomic E-state index is 3.82. The number of nitrogens with one attached hydrogen (secondary N) is 1. The summed E-state index contributed by atoms with van der Waals surface area (Å²) in [5.41, 5.74) is 0.447. The van der Waals surface area contributed by atoms with Crippen LogP contribution in [0.4, 0.5) is 0 Å². The molecule has 1 saturated heterocycles. The van der Waals surface area contributed by atoms with Gasteiger partial charge in [-0.3, -0.25) is 4.90 Å². The van der Waals surface area contributed by atoms with Gasteiger partial charge in [-0.25, -0.2) is 0 Å². The van der Waals surface area contributed by atoms with E-state index in [0.29, 0.717) is 5.54 Å². The van der Waals surface area contributed by atoms with Crippen molar-refractivity contribution in [2.24, 2.45) is 0 Å². The van der Waals surface area contributed by atoms with Crippen LogP contribution in [0.2, 0.25) is 0 Å². The van der Waals surface area contributed by atoms with E-state index in [1.54, 1.807) is 0 Å². The number of hydrogen-bond donors (Lipinski definition) is 1. The number of nitrogens with zero attached hydrogens (tertiary/aromatic N) is 1. The number of thiophene rings is 1.